The van der Waals surface area contributed by atoms with E-state index in [0.29, 0.717) is 6.42 Å². The van der Waals surface area contributed by atoms with Crippen molar-refractivity contribution >= 4 is 29.6 Å². The van der Waals surface area contributed by atoms with Gasteiger partial charge in [0, 0.05) is 6.42 Å². The highest BCUT2D eigenvalue weighted by atomic mass is 16.4. The Bertz CT molecular complexity index is 611. The van der Waals surface area contributed by atoms with Gasteiger partial charge >= 0.3 is 5.97 Å². The molecule has 12 heteroatoms. The second kappa shape index (κ2) is 12.7. The lowest BCUT2D eigenvalue weighted by atomic mass is 9.97. The topological polar surface area (TPSA) is 214 Å². The first-order chi connectivity index (χ1) is 13.4. The molecule has 0 unspecified atom stereocenters. The molecule has 29 heavy (non-hydrogen) atoms. The van der Waals surface area contributed by atoms with Crippen molar-refractivity contribution in [1.29, 1.82) is 0 Å². The van der Waals surface area contributed by atoms with Gasteiger partial charge in [-0.15, -0.1) is 0 Å². The van der Waals surface area contributed by atoms with Gasteiger partial charge in [0.25, 0.3) is 0 Å². The number of nitrogens with two attached hydrogens (primary N) is 2. The summed E-state index contributed by atoms with van der Waals surface area (Å²) in [7, 11) is 0. The molecule has 0 radical (unpaired) electrons. The summed E-state index contributed by atoms with van der Waals surface area (Å²) in [5, 5.41) is 25.6. The number of rotatable bonds is 13. The summed E-state index contributed by atoms with van der Waals surface area (Å²) in [5.41, 5.74) is 10.4. The van der Waals surface area contributed by atoms with Crippen LogP contribution in [0.1, 0.15) is 40.0 Å². The Kier molecular flexibility index (Phi) is 11.5. The SMILES string of the molecule is CC[C@H](C)[C@H](NC(=O)CN)C(=O)N[C@@H](CCC(N)=O)C(=O)N[C@H](C(=O)O)[C@@H](C)O. The number of aliphatic hydroxyl groups is 1. The molecule has 0 heterocycles. The molecule has 0 aliphatic heterocycles. The number of carbonyl (C=O) groups is 5. The number of carbonyl (C=O) groups excluding carboxylic acids is 4. The van der Waals surface area contributed by atoms with Gasteiger partial charge in [-0.3, -0.25) is 19.2 Å². The van der Waals surface area contributed by atoms with Crippen LogP contribution in [-0.4, -0.2) is 70.6 Å². The minimum atomic E-state index is -1.61. The maximum atomic E-state index is 12.7. The highest BCUT2D eigenvalue weighted by Crippen LogP contribution is 2.09. The van der Waals surface area contributed by atoms with Crippen molar-refractivity contribution in [2.24, 2.45) is 17.4 Å². The molecule has 0 bridgehead atoms. The Hall–Kier alpha value is -2.73. The molecule has 4 amide bonds. The number of aliphatic carboxylic acids is 1. The van der Waals surface area contributed by atoms with Crippen molar-refractivity contribution in [1.82, 2.24) is 16.0 Å². The van der Waals surface area contributed by atoms with Crippen molar-refractivity contribution in [3.05, 3.63) is 0 Å². The van der Waals surface area contributed by atoms with Gasteiger partial charge in [0.05, 0.1) is 12.6 Å². The van der Waals surface area contributed by atoms with E-state index in [9.17, 15) is 29.1 Å². The molecular formula is C17H31N5O7. The van der Waals surface area contributed by atoms with Gasteiger partial charge < -0.3 is 37.6 Å². The number of primary amides is 1. The van der Waals surface area contributed by atoms with Crippen LogP contribution in [0, 0.1) is 5.92 Å². The Balaban J connectivity index is 5.48. The lowest BCUT2D eigenvalue weighted by Crippen LogP contribution is -2.58. The van der Waals surface area contributed by atoms with E-state index in [-0.39, 0.29) is 25.3 Å². The number of amides is 4. The van der Waals surface area contributed by atoms with Gasteiger partial charge in [0.2, 0.25) is 23.6 Å². The molecule has 9 N–H and O–H groups in total. The normalized spacial score (nSPS) is 15.9. The van der Waals surface area contributed by atoms with Crippen LogP contribution in [-0.2, 0) is 24.0 Å². The van der Waals surface area contributed by atoms with Gasteiger partial charge in [-0.1, -0.05) is 20.3 Å². The van der Waals surface area contributed by atoms with E-state index in [1.54, 1.807) is 13.8 Å². The van der Waals surface area contributed by atoms with E-state index in [0.717, 1.165) is 0 Å². The Morgan fingerprint density at radius 2 is 1.55 bits per heavy atom. The average molecular weight is 417 g/mol. The summed E-state index contributed by atoms with van der Waals surface area (Å²) in [4.78, 5) is 59.1. The van der Waals surface area contributed by atoms with E-state index in [1.807, 2.05) is 0 Å². The van der Waals surface area contributed by atoms with E-state index in [2.05, 4.69) is 16.0 Å². The second-order valence-electron chi connectivity index (χ2n) is 6.77. The van der Waals surface area contributed by atoms with Crippen LogP contribution in [0.5, 0.6) is 0 Å². The molecule has 12 nitrogen and oxygen atoms in total. The van der Waals surface area contributed by atoms with Gasteiger partial charge in [-0.25, -0.2) is 4.79 Å². The lowest BCUT2D eigenvalue weighted by molar-refractivity contribution is -0.145. The number of hydrogen-bond donors (Lipinski definition) is 7. The lowest BCUT2D eigenvalue weighted by Gasteiger charge is -2.27. The van der Waals surface area contributed by atoms with Crippen LogP contribution < -0.4 is 27.4 Å². The van der Waals surface area contributed by atoms with E-state index in [1.165, 1.54) is 6.92 Å². The first-order valence-electron chi connectivity index (χ1n) is 9.23. The summed E-state index contributed by atoms with van der Waals surface area (Å²) in [5.74, 6) is -4.67. The highest BCUT2D eigenvalue weighted by Gasteiger charge is 2.32. The summed E-state index contributed by atoms with van der Waals surface area (Å²) >= 11 is 0. The van der Waals surface area contributed by atoms with Gasteiger partial charge in [-0.2, -0.15) is 0 Å². The fourth-order valence-corrected chi connectivity index (χ4v) is 2.39. The first kappa shape index (κ1) is 26.3. The molecular weight excluding hydrogens is 386 g/mol. The first-order valence-corrected chi connectivity index (χ1v) is 9.23. The van der Waals surface area contributed by atoms with E-state index in [4.69, 9.17) is 16.6 Å². The van der Waals surface area contributed by atoms with Gasteiger partial charge in [0.1, 0.15) is 12.1 Å². The van der Waals surface area contributed by atoms with Crippen LogP contribution in [0.15, 0.2) is 0 Å². The van der Waals surface area contributed by atoms with Crippen molar-refractivity contribution in [3.63, 3.8) is 0 Å². The number of carboxylic acid groups (broad SMARTS) is 1. The molecule has 166 valence electrons. The van der Waals surface area contributed by atoms with Crippen molar-refractivity contribution in [2.75, 3.05) is 6.54 Å². The number of aliphatic hydroxyl groups excluding tert-OH is 1. The molecule has 0 aromatic rings. The smallest absolute Gasteiger partial charge is 0.328 e. The van der Waals surface area contributed by atoms with Crippen molar-refractivity contribution < 1.29 is 34.2 Å². The van der Waals surface area contributed by atoms with E-state index < -0.39 is 53.8 Å². The minimum Gasteiger partial charge on any atom is -0.480 e. The predicted octanol–water partition coefficient (Wildman–Crippen LogP) is -2.82. The summed E-state index contributed by atoms with van der Waals surface area (Å²) < 4.78 is 0. The maximum absolute atomic E-state index is 12.7. The third-order valence-electron chi connectivity index (χ3n) is 4.36. The molecule has 0 aliphatic rings. The molecule has 0 fully saturated rings. The second-order valence-corrected chi connectivity index (χ2v) is 6.77. The van der Waals surface area contributed by atoms with Crippen LogP contribution in [0.4, 0.5) is 0 Å². The van der Waals surface area contributed by atoms with E-state index >= 15 is 0 Å². The van der Waals surface area contributed by atoms with Crippen LogP contribution >= 0.6 is 0 Å². The van der Waals surface area contributed by atoms with Crippen molar-refractivity contribution in [2.45, 2.75) is 64.3 Å². The summed E-state index contributed by atoms with van der Waals surface area (Å²) in [6, 6.07) is -3.92. The molecule has 0 spiro atoms. The van der Waals surface area contributed by atoms with Crippen LogP contribution in [0.25, 0.3) is 0 Å². The number of hydrogen-bond acceptors (Lipinski definition) is 7. The number of nitrogens with one attached hydrogen (secondary N) is 3. The molecule has 0 saturated heterocycles. The summed E-state index contributed by atoms with van der Waals surface area (Å²) in [6.45, 7) is 4.36. The zero-order valence-corrected chi connectivity index (χ0v) is 16.8. The Morgan fingerprint density at radius 3 is 1.97 bits per heavy atom. The Morgan fingerprint density at radius 1 is 0.966 bits per heavy atom. The molecule has 0 aromatic heterocycles. The fourth-order valence-electron chi connectivity index (χ4n) is 2.39. The summed E-state index contributed by atoms with van der Waals surface area (Å²) in [6.07, 6.45) is -1.32. The molecule has 0 saturated carbocycles. The highest BCUT2D eigenvalue weighted by molar-refractivity contribution is 5.94. The third-order valence-corrected chi connectivity index (χ3v) is 4.36. The molecule has 0 rings (SSSR count). The van der Waals surface area contributed by atoms with Gasteiger partial charge in [0.15, 0.2) is 6.04 Å². The third kappa shape index (κ3) is 9.34. The maximum Gasteiger partial charge on any atom is 0.328 e. The fraction of sp³-hybridized carbons (Fsp3) is 0.706. The van der Waals surface area contributed by atoms with Crippen LogP contribution in [0.3, 0.4) is 0 Å². The zero-order valence-electron chi connectivity index (χ0n) is 16.8. The van der Waals surface area contributed by atoms with Gasteiger partial charge in [-0.05, 0) is 19.3 Å². The quantitative estimate of drug-likeness (QED) is 0.165. The molecule has 5 atom stereocenters. The zero-order chi connectivity index (χ0) is 22.7. The van der Waals surface area contributed by atoms with Crippen LogP contribution in [0.2, 0.25) is 0 Å². The average Bonchev–Trinajstić information content (AvgIpc) is 2.65. The molecule has 0 aliphatic carbocycles. The largest absolute Gasteiger partial charge is 0.480 e. The number of carboxylic acids is 1. The monoisotopic (exact) mass is 417 g/mol. The minimum absolute atomic E-state index is 0.197. The standard InChI is InChI=1S/C17H31N5O7/c1-4-8(2)13(21-12(25)7-18)16(27)20-10(5-6-11(19)24)15(26)22-14(9(3)23)17(28)29/h8-10,13-14,23H,4-7,18H2,1-3H3,(H2,19,24)(H,20,27)(H,21,25)(H,22,26)(H,28,29)/t8-,9+,10-,13-,14-/m0/s1. The molecule has 0 aromatic carbocycles. The Labute approximate surface area is 168 Å². The predicted molar refractivity (Wildman–Crippen MR) is 102 cm³/mol. The van der Waals surface area contributed by atoms with Crippen molar-refractivity contribution in [3.8, 4) is 0 Å².